The summed E-state index contributed by atoms with van der Waals surface area (Å²) in [7, 11) is 1.57. The highest BCUT2D eigenvalue weighted by molar-refractivity contribution is 5.80. The van der Waals surface area contributed by atoms with Gasteiger partial charge in [0.2, 0.25) is 0 Å². The Bertz CT molecular complexity index is 536. The Balaban J connectivity index is 2.51. The number of aldehydes is 1. The second-order valence-corrected chi connectivity index (χ2v) is 3.60. The molecule has 1 aromatic heterocycles. The molecular formula is C13H12N2O2. The predicted molar refractivity (Wildman–Crippen MR) is 64.1 cm³/mol. The van der Waals surface area contributed by atoms with Gasteiger partial charge >= 0.3 is 0 Å². The van der Waals surface area contributed by atoms with E-state index in [9.17, 15) is 4.79 Å². The molecule has 4 heteroatoms. The van der Waals surface area contributed by atoms with Crippen molar-refractivity contribution in [2.24, 2.45) is 0 Å². The van der Waals surface area contributed by atoms with Crippen LogP contribution < -0.4 is 4.74 Å². The van der Waals surface area contributed by atoms with Crippen LogP contribution in [0, 0.1) is 6.92 Å². The lowest BCUT2D eigenvalue weighted by Crippen LogP contribution is -1.93. The Labute approximate surface area is 99.3 Å². The molecule has 2 aromatic rings. The number of aryl methyl sites for hydroxylation is 1. The van der Waals surface area contributed by atoms with Crippen molar-refractivity contribution in [2.45, 2.75) is 6.92 Å². The Hall–Kier alpha value is -2.23. The molecule has 0 atom stereocenters. The van der Waals surface area contributed by atoms with Gasteiger partial charge in [0, 0.05) is 29.1 Å². The van der Waals surface area contributed by atoms with Gasteiger partial charge in [-0.3, -0.25) is 4.79 Å². The number of benzene rings is 1. The topological polar surface area (TPSA) is 52.1 Å². The van der Waals surface area contributed by atoms with Crippen LogP contribution in [0.25, 0.3) is 11.1 Å². The summed E-state index contributed by atoms with van der Waals surface area (Å²) in [5.41, 5.74) is 2.32. The second kappa shape index (κ2) is 4.74. The van der Waals surface area contributed by atoms with E-state index in [-0.39, 0.29) is 0 Å². The lowest BCUT2D eigenvalue weighted by atomic mass is 10.1. The average Bonchev–Trinajstić information content (AvgIpc) is 2.39. The van der Waals surface area contributed by atoms with E-state index in [1.165, 1.54) is 0 Å². The highest BCUT2D eigenvalue weighted by Crippen LogP contribution is 2.29. The van der Waals surface area contributed by atoms with Gasteiger partial charge in [-0.25, -0.2) is 9.97 Å². The summed E-state index contributed by atoms with van der Waals surface area (Å²) < 4.78 is 5.26. The largest absolute Gasteiger partial charge is 0.496 e. The first-order valence-corrected chi connectivity index (χ1v) is 5.17. The zero-order chi connectivity index (χ0) is 12.3. The van der Waals surface area contributed by atoms with Crippen LogP contribution in [0.2, 0.25) is 0 Å². The van der Waals surface area contributed by atoms with E-state index in [1.54, 1.807) is 31.6 Å². The molecular weight excluding hydrogens is 216 g/mol. The van der Waals surface area contributed by atoms with Gasteiger partial charge in [0.05, 0.1) is 7.11 Å². The molecule has 0 N–H and O–H groups in total. The number of carbonyl (C=O) groups is 1. The molecule has 0 aliphatic heterocycles. The first-order valence-electron chi connectivity index (χ1n) is 5.17. The third-order valence-electron chi connectivity index (χ3n) is 2.45. The molecule has 0 aliphatic carbocycles. The van der Waals surface area contributed by atoms with E-state index in [0.717, 1.165) is 23.2 Å². The van der Waals surface area contributed by atoms with E-state index >= 15 is 0 Å². The first kappa shape index (κ1) is 11.3. The predicted octanol–water partition coefficient (Wildman–Crippen LogP) is 2.27. The minimum absolute atomic E-state index is 0.582. The van der Waals surface area contributed by atoms with Crippen LogP contribution in [-0.4, -0.2) is 23.4 Å². The number of carbonyl (C=O) groups excluding carboxylic acids is 1. The van der Waals surface area contributed by atoms with Crippen LogP contribution in [0.3, 0.4) is 0 Å². The molecule has 0 saturated heterocycles. The maximum atomic E-state index is 10.7. The van der Waals surface area contributed by atoms with E-state index in [0.29, 0.717) is 11.3 Å². The molecule has 0 bridgehead atoms. The number of nitrogens with zero attached hydrogens (tertiary/aromatic N) is 2. The van der Waals surface area contributed by atoms with Gasteiger partial charge in [0.25, 0.3) is 0 Å². The molecule has 17 heavy (non-hydrogen) atoms. The molecule has 1 aromatic carbocycles. The average molecular weight is 228 g/mol. The van der Waals surface area contributed by atoms with Crippen LogP contribution >= 0.6 is 0 Å². The van der Waals surface area contributed by atoms with Crippen molar-refractivity contribution in [2.75, 3.05) is 7.11 Å². The fraction of sp³-hybridized carbons (Fsp3) is 0.154. The molecule has 86 valence electrons. The van der Waals surface area contributed by atoms with Crippen LogP contribution in [0.15, 0.2) is 30.6 Å². The van der Waals surface area contributed by atoms with Crippen molar-refractivity contribution < 1.29 is 9.53 Å². The fourth-order valence-electron chi connectivity index (χ4n) is 1.55. The third-order valence-corrected chi connectivity index (χ3v) is 2.45. The van der Waals surface area contributed by atoms with Crippen molar-refractivity contribution in [1.29, 1.82) is 0 Å². The molecule has 0 saturated carbocycles. The summed E-state index contributed by atoms with van der Waals surface area (Å²) >= 11 is 0. The minimum Gasteiger partial charge on any atom is -0.496 e. The summed E-state index contributed by atoms with van der Waals surface area (Å²) in [6.07, 6.45) is 4.26. The van der Waals surface area contributed by atoms with Crippen LogP contribution in [-0.2, 0) is 0 Å². The van der Waals surface area contributed by atoms with Gasteiger partial charge in [-0.1, -0.05) is 6.07 Å². The summed E-state index contributed by atoms with van der Waals surface area (Å²) in [5.74, 6) is 1.36. The van der Waals surface area contributed by atoms with E-state index in [4.69, 9.17) is 4.74 Å². The zero-order valence-corrected chi connectivity index (χ0v) is 9.68. The number of hydrogen-bond acceptors (Lipinski definition) is 4. The van der Waals surface area contributed by atoms with E-state index in [1.807, 2.05) is 13.0 Å². The zero-order valence-electron chi connectivity index (χ0n) is 9.68. The minimum atomic E-state index is 0.582. The van der Waals surface area contributed by atoms with E-state index in [2.05, 4.69) is 9.97 Å². The lowest BCUT2D eigenvalue weighted by Gasteiger charge is -2.08. The maximum Gasteiger partial charge on any atom is 0.150 e. The Morgan fingerprint density at radius 3 is 2.53 bits per heavy atom. The molecule has 0 unspecified atom stereocenters. The number of ether oxygens (including phenoxy) is 1. The molecule has 0 amide bonds. The van der Waals surface area contributed by atoms with Gasteiger partial charge in [0.15, 0.2) is 0 Å². The van der Waals surface area contributed by atoms with Gasteiger partial charge in [0.1, 0.15) is 17.9 Å². The summed E-state index contributed by atoms with van der Waals surface area (Å²) in [6, 6.07) is 5.27. The molecule has 0 radical (unpaired) electrons. The van der Waals surface area contributed by atoms with E-state index < -0.39 is 0 Å². The van der Waals surface area contributed by atoms with Crippen LogP contribution in [0.1, 0.15) is 16.2 Å². The molecule has 0 spiro atoms. The molecule has 4 nitrogen and oxygen atoms in total. The summed E-state index contributed by atoms with van der Waals surface area (Å²) in [5, 5.41) is 0. The Morgan fingerprint density at radius 2 is 1.94 bits per heavy atom. The highest BCUT2D eigenvalue weighted by Gasteiger charge is 2.07. The smallest absolute Gasteiger partial charge is 0.150 e. The highest BCUT2D eigenvalue weighted by atomic mass is 16.5. The quantitative estimate of drug-likeness (QED) is 0.756. The van der Waals surface area contributed by atoms with Crippen molar-refractivity contribution in [3.63, 3.8) is 0 Å². The molecule has 0 fully saturated rings. The van der Waals surface area contributed by atoms with Crippen molar-refractivity contribution in [3.05, 3.63) is 42.0 Å². The molecule has 1 heterocycles. The van der Waals surface area contributed by atoms with Crippen LogP contribution in [0.4, 0.5) is 0 Å². The molecule has 2 rings (SSSR count). The maximum absolute atomic E-state index is 10.7. The van der Waals surface area contributed by atoms with Crippen molar-refractivity contribution >= 4 is 6.29 Å². The van der Waals surface area contributed by atoms with Crippen molar-refractivity contribution in [1.82, 2.24) is 9.97 Å². The monoisotopic (exact) mass is 228 g/mol. The third kappa shape index (κ3) is 2.30. The van der Waals surface area contributed by atoms with Gasteiger partial charge < -0.3 is 4.74 Å². The normalized spacial score (nSPS) is 10.0. The number of methoxy groups -OCH3 is 1. The van der Waals surface area contributed by atoms with Crippen molar-refractivity contribution in [3.8, 4) is 16.9 Å². The molecule has 0 aliphatic rings. The fourth-order valence-corrected chi connectivity index (χ4v) is 1.55. The SMILES string of the molecule is COc1cc(C=O)ccc1-c1cnc(C)nc1. The van der Waals surface area contributed by atoms with Crippen LogP contribution in [0.5, 0.6) is 5.75 Å². The number of hydrogen-bond donors (Lipinski definition) is 0. The van der Waals surface area contributed by atoms with Gasteiger partial charge in [-0.05, 0) is 19.1 Å². The van der Waals surface area contributed by atoms with Gasteiger partial charge in [-0.2, -0.15) is 0 Å². The summed E-state index contributed by atoms with van der Waals surface area (Å²) in [6.45, 7) is 1.83. The van der Waals surface area contributed by atoms with Gasteiger partial charge in [-0.15, -0.1) is 0 Å². The second-order valence-electron chi connectivity index (χ2n) is 3.60. The first-order chi connectivity index (χ1) is 8.24. The Morgan fingerprint density at radius 1 is 1.24 bits per heavy atom. The standard InChI is InChI=1S/C13H12N2O2/c1-9-14-6-11(7-15-9)12-4-3-10(8-16)5-13(12)17-2/h3-8H,1-2H3. The number of rotatable bonds is 3. The lowest BCUT2D eigenvalue weighted by molar-refractivity contribution is 0.112. The summed E-state index contributed by atoms with van der Waals surface area (Å²) in [4.78, 5) is 19.0. The Kier molecular flexibility index (Phi) is 3.14. The number of aromatic nitrogens is 2.